The Hall–Kier alpha value is -0.910. The van der Waals surface area contributed by atoms with E-state index < -0.39 is 4.92 Å². The molecule has 0 spiro atoms. The Morgan fingerprint density at radius 2 is 2.58 bits per heavy atom. The summed E-state index contributed by atoms with van der Waals surface area (Å²) in [5.41, 5.74) is 0.636. The van der Waals surface area contributed by atoms with Gasteiger partial charge in [-0.15, -0.1) is 5.10 Å². The van der Waals surface area contributed by atoms with Crippen LogP contribution in [0.2, 0.25) is 0 Å². The molecule has 6 heteroatoms. The standard InChI is InChI=1S/C6H8BrN3O2/c1-4(2-7)5-3-8-9-6(5)10(11)12/h3-4H,2H2,1H3,(H,8,9). The second-order valence-electron chi connectivity index (χ2n) is 2.49. The van der Waals surface area contributed by atoms with Crippen LogP contribution in [-0.4, -0.2) is 20.5 Å². The number of aromatic amines is 1. The van der Waals surface area contributed by atoms with Gasteiger partial charge in [-0.1, -0.05) is 28.0 Å². The van der Waals surface area contributed by atoms with Crippen molar-refractivity contribution in [3.63, 3.8) is 0 Å². The molecule has 1 N–H and O–H groups in total. The number of nitro groups is 1. The van der Waals surface area contributed by atoms with Gasteiger partial charge in [0.1, 0.15) is 0 Å². The molecular formula is C6H8BrN3O2. The van der Waals surface area contributed by atoms with Crippen molar-refractivity contribution in [2.24, 2.45) is 0 Å². The van der Waals surface area contributed by atoms with Crippen LogP contribution in [-0.2, 0) is 0 Å². The molecule has 12 heavy (non-hydrogen) atoms. The lowest BCUT2D eigenvalue weighted by Gasteiger charge is -2.02. The summed E-state index contributed by atoms with van der Waals surface area (Å²) in [5, 5.41) is 17.1. The third kappa shape index (κ3) is 1.63. The van der Waals surface area contributed by atoms with Crippen molar-refractivity contribution < 1.29 is 4.92 Å². The fourth-order valence-corrected chi connectivity index (χ4v) is 1.23. The van der Waals surface area contributed by atoms with Crippen LogP contribution in [0.4, 0.5) is 5.82 Å². The molecule has 0 aliphatic heterocycles. The molecule has 1 heterocycles. The van der Waals surface area contributed by atoms with Crippen LogP contribution < -0.4 is 0 Å². The van der Waals surface area contributed by atoms with Crippen molar-refractivity contribution in [3.8, 4) is 0 Å². The molecule has 0 saturated heterocycles. The van der Waals surface area contributed by atoms with Gasteiger partial charge in [-0.05, 0) is 4.92 Å². The van der Waals surface area contributed by atoms with Gasteiger partial charge in [-0.3, -0.25) is 0 Å². The van der Waals surface area contributed by atoms with E-state index in [2.05, 4.69) is 26.1 Å². The zero-order valence-corrected chi connectivity index (χ0v) is 8.04. The number of hydrogen-bond acceptors (Lipinski definition) is 3. The molecular weight excluding hydrogens is 226 g/mol. The summed E-state index contributed by atoms with van der Waals surface area (Å²) in [6, 6.07) is 0. The van der Waals surface area contributed by atoms with E-state index in [1.807, 2.05) is 6.92 Å². The minimum absolute atomic E-state index is 0.0121. The molecule has 0 aromatic carbocycles. The monoisotopic (exact) mass is 233 g/mol. The Morgan fingerprint density at radius 1 is 1.92 bits per heavy atom. The second kappa shape index (κ2) is 3.66. The van der Waals surface area contributed by atoms with Gasteiger partial charge in [0.25, 0.3) is 0 Å². The number of aromatic nitrogens is 2. The predicted octanol–water partition coefficient (Wildman–Crippen LogP) is 1.82. The Kier molecular flexibility index (Phi) is 2.80. The molecule has 0 aliphatic carbocycles. The number of H-pyrrole nitrogens is 1. The van der Waals surface area contributed by atoms with Crippen LogP contribution in [0, 0.1) is 10.1 Å². The SMILES string of the molecule is CC(CBr)c1cn[nH]c1[N+](=O)[O-]. The zero-order valence-electron chi connectivity index (χ0n) is 6.45. The van der Waals surface area contributed by atoms with Gasteiger partial charge in [-0.25, -0.2) is 0 Å². The van der Waals surface area contributed by atoms with Gasteiger partial charge in [0, 0.05) is 11.2 Å². The summed E-state index contributed by atoms with van der Waals surface area (Å²) in [7, 11) is 0. The average Bonchev–Trinajstić information content (AvgIpc) is 2.50. The molecule has 0 amide bonds. The van der Waals surface area contributed by atoms with E-state index in [0.717, 1.165) is 0 Å². The second-order valence-corrected chi connectivity index (χ2v) is 3.13. The average molecular weight is 234 g/mol. The maximum Gasteiger partial charge on any atom is 0.346 e. The van der Waals surface area contributed by atoms with Crippen LogP contribution in [0.1, 0.15) is 18.4 Å². The third-order valence-electron chi connectivity index (χ3n) is 1.59. The van der Waals surface area contributed by atoms with Crippen molar-refractivity contribution in [3.05, 3.63) is 21.9 Å². The van der Waals surface area contributed by atoms with Crippen LogP contribution in [0.25, 0.3) is 0 Å². The van der Waals surface area contributed by atoms with Gasteiger partial charge in [0.15, 0.2) is 0 Å². The van der Waals surface area contributed by atoms with Crippen LogP contribution in [0.15, 0.2) is 6.20 Å². The molecule has 1 unspecified atom stereocenters. The highest BCUT2D eigenvalue weighted by Crippen LogP contribution is 2.24. The number of halogens is 1. The van der Waals surface area contributed by atoms with Crippen molar-refractivity contribution in [2.45, 2.75) is 12.8 Å². The van der Waals surface area contributed by atoms with Crippen molar-refractivity contribution >= 4 is 21.7 Å². The van der Waals surface area contributed by atoms with Gasteiger partial charge in [-0.2, -0.15) is 0 Å². The normalized spacial score (nSPS) is 12.8. The summed E-state index contributed by atoms with van der Waals surface area (Å²) in [6.07, 6.45) is 1.49. The first-order chi connectivity index (χ1) is 5.66. The smallest absolute Gasteiger partial charge is 0.346 e. The summed E-state index contributed by atoms with van der Waals surface area (Å²) in [5.74, 6) is 0.0890. The number of nitrogens with one attached hydrogen (secondary N) is 1. The van der Waals surface area contributed by atoms with Crippen molar-refractivity contribution in [1.29, 1.82) is 0 Å². The quantitative estimate of drug-likeness (QED) is 0.492. The molecule has 1 aromatic heterocycles. The van der Waals surface area contributed by atoms with Gasteiger partial charge in [0.2, 0.25) is 0 Å². The van der Waals surface area contributed by atoms with Gasteiger partial charge >= 0.3 is 5.82 Å². The Bertz CT molecular complexity index is 286. The van der Waals surface area contributed by atoms with Crippen LogP contribution in [0.3, 0.4) is 0 Å². The summed E-state index contributed by atoms with van der Waals surface area (Å²) >= 11 is 3.26. The highest BCUT2D eigenvalue weighted by Gasteiger charge is 2.19. The van der Waals surface area contributed by atoms with E-state index in [0.29, 0.717) is 10.9 Å². The topological polar surface area (TPSA) is 71.8 Å². The van der Waals surface area contributed by atoms with E-state index in [1.165, 1.54) is 6.20 Å². The van der Waals surface area contributed by atoms with Gasteiger partial charge in [0.05, 0.1) is 11.8 Å². The maximum absolute atomic E-state index is 10.4. The number of rotatable bonds is 3. The minimum atomic E-state index is -0.457. The number of hydrogen-bond donors (Lipinski definition) is 1. The van der Waals surface area contributed by atoms with E-state index in [9.17, 15) is 10.1 Å². The molecule has 1 aromatic rings. The van der Waals surface area contributed by atoms with E-state index >= 15 is 0 Å². The summed E-state index contributed by atoms with van der Waals surface area (Å²) < 4.78 is 0. The highest BCUT2D eigenvalue weighted by atomic mass is 79.9. The van der Waals surface area contributed by atoms with Crippen molar-refractivity contribution in [1.82, 2.24) is 10.2 Å². The third-order valence-corrected chi connectivity index (χ3v) is 2.56. The molecule has 0 bridgehead atoms. The molecule has 66 valence electrons. The summed E-state index contributed by atoms with van der Waals surface area (Å²) in [4.78, 5) is 9.97. The van der Waals surface area contributed by atoms with E-state index in [-0.39, 0.29) is 11.7 Å². The molecule has 0 saturated carbocycles. The fraction of sp³-hybridized carbons (Fsp3) is 0.500. The van der Waals surface area contributed by atoms with Crippen LogP contribution >= 0.6 is 15.9 Å². The first-order valence-corrected chi connectivity index (χ1v) is 4.52. The van der Waals surface area contributed by atoms with E-state index in [1.54, 1.807) is 0 Å². The number of nitrogens with zero attached hydrogens (tertiary/aromatic N) is 2. The highest BCUT2D eigenvalue weighted by molar-refractivity contribution is 9.09. The van der Waals surface area contributed by atoms with Crippen LogP contribution in [0.5, 0.6) is 0 Å². The molecule has 0 fully saturated rings. The summed E-state index contributed by atoms with van der Waals surface area (Å²) in [6.45, 7) is 1.90. The Labute approximate surface area is 77.4 Å². The lowest BCUT2D eigenvalue weighted by atomic mass is 10.1. The molecule has 0 aliphatic rings. The number of alkyl halides is 1. The largest absolute Gasteiger partial charge is 0.358 e. The predicted molar refractivity (Wildman–Crippen MR) is 47.5 cm³/mol. The fourth-order valence-electron chi connectivity index (χ4n) is 0.879. The Morgan fingerprint density at radius 3 is 3.08 bits per heavy atom. The van der Waals surface area contributed by atoms with E-state index in [4.69, 9.17) is 0 Å². The molecule has 0 radical (unpaired) electrons. The van der Waals surface area contributed by atoms with Crippen molar-refractivity contribution in [2.75, 3.05) is 5.33 Å². The van der Waals surface area contributed by atoms with Gasteiger partial charge < -0.3 is 10.1 Å². The Balaban J connectivity index is 2.98. The first-order valence-electron chi connectivity index (χ1n) is 3.40. The lowest BCUT2D eigenvalue weighted by molar-refractivity contribution is -0.390. The molecule has 5 nitrogen and oxygen atoms in total. The molecule has 1 atom stereocenters. The first kappa shape index (κ1) is 9.18. The zero-order chi connectivity index (χ0) is 9.14. The minimum Gasteiger partial charge on any atom is -0.358 e. The lowest BCUT2D eigenvalue weighted by Crippen LogP contribution is -1.98. The maximum atomic E-state index is 10.4. The molecule has 1 rings (SSSR count).